The summed E-state index contributed by atoms with van der Waals surface area (Å²) in [6.45, 7) is 4.03. The molecule has 25 heavy (non-hydrogen) atoms. The minimum Gasteiger partial charge on any atom is -0.383 e. The SMILES string of the molecule is CC(c1ccc2ccccc2c1)N1CCC(O)(c2ccnn2C)CC1. The van der Waals surface area contributed by atoms with E-state index in [1.54, 1.807) is 10.9 Å². The molecule has 1 aromatic heterocycles. The van der Waals surface area contributed by atoms with Crippen LogP contribution in [0.1, 0.15) is 37.1 Å². The maximum Gasteiger partial charge on any atom is 0.109 e. The molecule has 3 aromatic rings. The van der Waals surface area contributed by atoms with Gasteiger partial charge in [0.05, 0.1) is 5.69 Å². The van der Waals surface area contributed by atoms with Gasteiger partial charge < -0.3 is 5.11 Å². The van der Waals surface area contributed by atoms with Crippen molar-refractivity contribution >= 4 is 10.8 Å². The van der Waals surface area contributed by atoms with Crippen molar-refractivity contribution in [3.8, 4) is 0 Å². The highest BCUT2D eigenvalue weighted by molar-refractivity contribution is 5.83. The average Bonchev–Trinajstić information content (AvgIpc) is 3.08. The van der Waals surface area contributed by atoms with Gasteiger partial charge in [0, 0.05) is 32.4 Å². The first-order chi connectivity index (χ1) is 12.1. The third-order valence-electron chi connectivity index (χ3n) is 5.73. The third kappa shape index (κ3) is 2.96. The molecule has 2 aromatic carbocycles. The van der Waals surface area contributed by atoms with Crippen LogP contribution in [-0.4, -0.2) is 32.9 Å². The van der Waals surface area contributed by atoms with Crippen molar-refractivity contribution in [3.63, 3.8) is 0 Å². The Morgan fingerprint density at radius 1 is 1.04 bits per heavy atom. The van der Waals surface area contributed by atoms with Crippen LogP contribution in [0.2, 0.25) is 0 Å². The maximum absolute atomic E-state index is 11.0. The van der Waals surface area contributed by atoms with Crippen LogP contribution in [0.4, 0.5) is 0 Å². The number of rotatable bonds is 3. The van der Waals surface area contributed by atoms with Crippen molar-refractivity contribution in [2.75, 3.05) is 13.1 Å². The van der Waals surface area contributed by atoms with E-state index in [0.717, 1.165) is 31.6 Å². The van der Waals surface area contributed by atoms with Crippen molar-refractivity contribution in [2.45, 2.75) is 31.4 Å². The van der Waals surface area contributed by atoms with Crippen molar-refractivity contribution in [3.05, 3.63) is 66.0 Å². The summed E-state index contributed by atoms with van der Waals surface area (Å²) < 4.78 is 1.79. The number of aliphatic hydroxyl groups is 1. The first-order valence-electron chi connectivity index (χ1n) is 9.00. The number of likely N-dealkylation sites (tertiary alicyclic amines) is 1. The van der Waals surface area contributed by atoms with E-state index in [0.29, 0.717) is 6.04 Å². The van der Waals surface area contributed by atoms with Crippen molar-refractivity contribution in [1.29, 1.82) is 0 Å². The number of hydrogen-bond donors (Lipinski definition) is 1. The smallest absolute Gasteiger partial charge is 0.109 e. The fraction of sp³-hybridized carbons (Fsp3) is 0.381. The molecule has 1 fully saturated rings. The lowest BCUT2D eigenvalue weighted by molar-refractivity contribution is -0.0401. The monoisotopic (exact) mass is 335 g/mol. The zero-order valence-corrected chi connectivity index (χ0v) is 14.9. The predicted molar refractivity (Wildman–Crippen MR) is 100 cm³/mol. The Kier molecular flexibility index (Phi) is 4.10. The molecule has 2 heterocycles. The summed E-state index contributed by atoms with van der Waals surface area (Å²) in [5.74, 6) is 0. The normalized spacial score (nSPS) is 19.2. The molecular weight excluding hydrogens is 310 g/mol. The number of aromatic nitrogens is 2. The van der Waals surface area contributed by atoms with Crippen molar-refractivity contribution in [1.82, 2.24) is 14.7 Å². The Balaban J connectivity index is 1.50. The summed E-state index contributed by atoms with van der Waals surface area (Å²) in [7, 11) is 1.90. The van der Waals surface area contributed by atoms with Crippen LogP contribution >= 0.6 is 0 Å². The number of fused-ring (bicyclic) bond motifs is 1. The van der Waals surface area contributed by atoms with Crippen LogP contribution in [0.3, 0.4) is 0 Å². The highest BCUT2D eigenvalue weighted by Gasteiger charge is 2.37. The average molecular weight is 335 g/mol. The lowest BCUT2D eigenvalue weighted by atomic mass is 9.87. The van der Waals surface area contributed by atoms with E-state index in [1.807, 2.05) is 13.1 Å². The second kappa shape index (κ2) is 6.28. The van der Waals surface area contributed by atoms with Crippen LogP contribution in [0, 0.1) is 0 Å². The summed E-state index contributed by atoms with van der Waals surface area (Å²) in [4.78, 5) is 2.47. The highest BCUT2D eigenvalue weighted by Crippen LogP contribution is 2.35. The topological polar surface area (TPSA) is 41.3 Å². The van der Waals surface area contributed by atoms with E-state index in [2.05, 4.69) is 59.4 Å². The molecule has 4 nitrogen and oxygen atoms in total. The van der Waals surface area contributed by atoms with Gasteiger partial charge in [-0.05, 0) is 48.2 Å². The largest absolute Gasteiger partial charge is 0.383 e. The standard InChI is InChI=1S/C21H25N3O/c1-16(18-8-7-17-5-3-4-6-19(17)15-18)24-13-10-21(25,11-14-24)20-9-12-22-23(20)2/h3-9,12,15-16,25H,10-11,13-14H2,1-2H3. The lowest BCUT2D eigenvalue weighted by Crippen LogP contribution is -2.44. The predicted octanol–water partition coefficient (Wildman–Crippen LogP) is 3.62. The highest BCUT2D eigenvalue weighted by atomic mass is 16.3. The van der Waals surface area contributed by atoms with Crippen LogP contribution in [-0.2, 0) is 12.6 Å². The van der Waals surface area contributed by atoms with Crippen LogP contribution in [0.15, 0.2) is 54.7 Å². The molecule has 0 spiro atoms. The van der Waals surface area contributed by atoms with E-state index in [-0.39, 0.29) is 0 Å². The molecule has 0 amide bonds. The van der Waals surface area contributed by atoms with Gasteiger partial charge in [0.25, 0.3) is 0 Å². The molecule has 0 saturated carbocycles. The summed E-state index contributed by atoms with van der Waals surface area (Å²) in [6, 6.07) is 17.5. The zero-order chi connectivity index (χ0) is 17.4. The quantitative estimate of drug-likeness (QED) is 0.795. The minimum absolute atomic E-state index is 0.348. The van der Waals surface area contributed by atoms with Gasteiger partial charge in [0.1, 0.15) is 5.60 Å². The first kappa shape index (κ1) is 16.3. The van der Waals surface area contributed by atoms with E-state index in [9.17, 15) is 5.11 Å². The molecule has 1 aliphatic rings. The minimum atomic E-state index is -0.759. The van der Waals surface area contributed by atoms with Gasteiger partial charge in [-0.3, -0.25) is 9.58 Å². The molecule has 1 saturated heterocycles. The Morgan fingerprint density at radius 3 is 2.44 bits per heavy atom. The molecule has 4 rings (SSSR count). The van der Waals surface area contributed by atoms with Crippen LogP contribution in [0.5, 0.6) is 0 Å². The Hall–Kier alpha value is -2.17. The number of hydrogen-bond acceptors (Lipinski definition) is 3. The van der Waals surface area contributed by atoms with Gasteiger partial charge in [-0.25, -0.2) is 0 Å². The summed E-state index contributed by atoms with van der Waals surface area (Å²) >= 11 is 0. The third-order valence-corrected chi connectivity index (χ3v) is 5.73. The van der Waals surface area contributed by atoms with Crippen molar-refractivity contribution in [2.24, 2.45) is 7.05 Å². The molecule has 1 aliphatic heterocycles. The van der Waals surface area contributed by atoms with Gasteiger partial charge in [-0.1, -0.05) is 36.4 Å². The van der Waals surface area contributed by atoms with Gasteiger partial charge in [-0.2, -0.15) is 5.10 Å². The zero-order valence-electron chi connectivity index (χ0n) is 14.9. The Labute approximate surface area is 148 Å². The molecular formula is C21H25N3O. The summed E-state index contributed by atoms with van der Waals surface area (Å²) in [5.41, 5.74) is 1.50. The van der Waals surface area contributed by atoms with E-state index in [4.69, 9.17) is 0 Å². The molecule has 1 atom stereocenters. The lowest BCUT2D eigenvalue weighted by Gasteiger charge is -2.41. The Morgan fingerprint density at radius 2 is 1.76 bits per heavy atom. The van der Waals surface area contributed by atoms with Crippen LogP contribution < -0.4 is 0 Å². The van der Waals surface area contributed by atoms with E-state index < -0.39 is 5.60 Å². The summed E-state index contributed by atoms with van der Waals surface area (Å²) in [6.07, 6.45) is 3.24. The van der Waals surface area contributed by atoms with Gasteiger partial charge in [0.15, 0.2) is 0 Å². The second-order valence-corrected chi connectivity index (χ2v) is 7.19. The Bertz CT molecular complexity index is 877. The number of aryl methyl sites for hydroxylation is 1. The fourth-order valence-corrected chi connectivity index (χ4v) is 4.05. The van der Waals surface area contributed by atoms with E-state index >= 15 is 0 Å². The van der Waals surface area contributed by atoms with Crippen LogP contribution in [0.25, 0.3) is 10.8 Å². The first-order valence-corrected chi connectivity index (χ1v) is 9.00. The van der Waals surface area contributed by atoms with Gasteiger partial charge in [-0.15, -0.1) is 0 Å². The molecule has 0 bridgehead atoms. The molecule has 130 valence electrons. The maximum atomic E-state index is 11.0. The number of benzene rings is 2. The fourth-order valence-electron chi connectivity index (χ4n) is 4.05. The molecule has 0 aliphatic carbocycles. The van der Waals surface area contributed by atoms with Gasteiger partial charge >= 0.3 is 0 Å². The van der Waals surface area contributed by atoms with Gasteiger partial charge in [0.2, 0.25) is 0 Å². The molecule has 4 heteroatoms. The number of piperidine rings is 1. The second-order valence-electron chi connectivity index (χ2n) is 7.19. The van der Waals surface area contributed by atoms with E-state index in [1.165, 1.54) is 16.3 Å². The summed E-state index contributed by atoms with van der Waals surface area (Å²) in [5, 5.41) is 17.8. The number of nitrogens with zero attached hydrogens (tertiary/aromatic N) is 3. The van der Waals surface area contributed by atoms with Crippen molar-refractivity contribution < 1.29 is 5.11 Å². The molecule has 0 radical (unpaired) electrons. The molecule has 1 unspecified atom stereocenters. The molecule has 1 N–H and O–H groups in total.